The number of anilines is 1. The van der Waals surface area contributed by atoms with Crippen molar-refractivity contribution in [2.24, 2.45) is 0 Å². The lowest BCUT2D eigenvalue weighted by molar-refractivity contribution is -0.598. The van der Waals surface area contributed by atoms with Crippen molar-refractivity contribution < 1.29 is 14.3 Å². The maximum absolute atomic E-state index is 12.3. The van der Waals surface area contributed by atoms with Gasteiger partial charge in [-0.05, 0) is 26.3 Å². The number of hydrogen-bond acceptors (Lipinski definition) is 3. The van der Waals surface area contributed by atoms with E-state index in [0.29, 0.717) is 21.7 Å². The number of halogens is 1. The number of rotatable bonds is 2. The third-order valence-corrected chi connectivity index (χ3v) is 3.99. The second-order valence-corrected chi connectivity index (χ2v) is 5.28. The van der Waals surface area contributed by atoms with Crippen LogP contribution in [0.4, 0.5) is 10.6 Å². The molecule has 0 radical (unpaired) electrons. The third-order valence-electron chi connectivity index (χ3n) is 3.60. The summed E-state index contributed by atoms with van der Waals surface area (Å²) in [7, 11) is 1.56. The predicted molar refractivity (Wildman–Crippen MR) is 74.6 cm³/mol. The quantitative estimate of drug-likeness (QED) is 0.474. The van der Waals surface area contributed by atoms with Crippen LogP contribution in [0.25, 0.3) is 0 Å². The van der Waals surface area contributed by atoms with Crippen molar-refractivity contribution in [1.29, 1.82) is 0 Å². The van der Waals surface area contributed by atoms with Crippen LogP contribution < -0.4 is 9.63 Å². The third kappa shape index (κ3) is 1.91. The van der Waals surface area contributed by atoms with Gasteiger partial charge in [0.1, 0.15) is 11.7 Å². The summed E-state index contributed by atoms with van der Waals surface area (Å²) >= 11 is 5.94. The van der Waals surface area contributed by atoms with Gasteiger partial charge >= 0.3 is 11.9 Å². The van der Waals surface area contributed by atoms with Crippen molar-refractivity contribution in [3.8, 4) is 0 Å². The molecular weight excluding hydrogens is 282 g/mol. The van der Waals surface area contributed by atoms with E-state index < -0.39 is 12.1 Å². The Labute approximate surface area is 122 Å². The van der Waals surface area contributed by atoms with Crippen molar-refractivity contribution in [2.45, 2.75) is 33.2 Å². The Balaban J connectivity index is 2.61. The number of aryl methyl sites for hydroxylation is 1. The Bertz CT molecular complexity index is 603. The molecule has 6 nitrogen and oxygen atoms in total. The van der Waals surface area contributed by atoms with E-state index in [4.69, 9.17) is 11.6 Å². The van der Waals surface area contributed by atoms with Gasteiger partial charge in [-0.3, -0.25) is 4.90 Å². The molecule has 3 amide bonds. The van der Waals surface area contributed by atoms with E-state index in [9.17, 15) is 14.8 Å². The number of carbonyl (C=O) groups excluding carboxylic acids is 2. The van der Waals surface area contributed by atoms with Crippen LogP contribution in [0.2, 0.25) is 5.02 Å². The molecule has 108 valence electrons. The molecule has 0 saturated carbocycles. The molecular formula is C13H16ClN3O3. The van der Waals surface area contributed by atoms with Crippen LogP contribution in [-0.2, 0) is 4.79 Å². The molecule has 1 aromatic heterocycles. The number of likely N-dealkylation sites (N-methyl/N-ethyl adjacent to an activating group) is 1. The first-order chi connectivity index (χ1) is 9.31. The zero-order chi connectivity index (χ0) is 15.2. The van der Waals surface area contributed by atoms with E-state index >= 15 is 0 Å². The second kappa shape index (κ2) is 4.94. The summed E-state index contributed by atoms with van der Waals surface area (Å²) in [4.78, 5) is 26.9. The van der Waals surface area contributed by atoms with Crippen LogP contribution in [0, 0.1) is 19.1 Å². The lowest BCUT2D eigenvalue weighted by Crippen LogP contribution is -2.44. The summed E-state index contributed by atoms with van der Waals surface area (Å²) in [5.41, 5.74) is 0.748. The van der Waals surface area contributed by atoms with Gasteiger partial charge in [0.05, 0.1) is 5.02 Å². The Morgan fingerprint density at radius 2 is 2.00 bits per heavy atom. The number of urea groups is 1. The fourth-order valence-corrected chi connectivity index (χ4v) is 2.63. The van der Waals surface area contributed by atoms with Gasteiger partial charge in [0.15, 0.2) is 0 Å². The van der Waals surface area contributed by atoms with Gasteiger partial charge in [-0.2, -0.15) is 0 Å². The van der Waals surface area contributed by atoms with Crippen LogP contribution in [0.3, 0.4) is 0 Å². The first-order valence-corrected chi connectivity index (χ1v) is 6.69. The molecule has 0 spiro atoms. The Hall–Kier alpha value is -1.82. The monoisotopic (exact) mass is 297 g/mol. The van der Waals surface area contributed by atoms with Crippen molar-refractivity contribution in [1.82, 2.24) is 4.90 Å². The van der Waals surface area contributed by atoms with Gasteiger partial charge < -0.3 is 5.21 Å². The molecule has 2 heterocycles. The first kappa shape index (κ1) is 14.6. The number of aromatic nitrogens is 1. The minimum Gasteiger partial charge on any atom is -0.710 e. The number of pyridine rings is 1. The van der Waals surface area contributed by atoms with Crippen molar-refractivity contribution in [3.05, 3.63) is 27.6 Å². The van der Waals surface area contributed by atoms with Gasteiger partial charge in [-0.15, -0.1) is 4.90 Å². The first-order valence-electron chi connectivity index (χ1n) is 6.31. The number of carbonyl (C=O) groups is 2. The minimum absolute atomic E-state index is 0.0321. The normalized spacial score (nSPS) is 19.1. The maximum atomic E-state index is 12.3. The molecule has 0 aliphatic carbocycles. The number of hydrogen-bond donors (Lipinski definition) is 0. The van der Waals surface area contributed by atoms with E-state index in [2.05, 4.69) is 0 Å². The van der Waals surface area contributed by atoms with Gasteiger partial charge in [-0.1, -0.05) is 18.5 Å². The summed E-state index contributed by atoms with van der Waals surface area (Å²) in [5, 5.41) is 12.6. The fourth-order valence-electron chi connectivity index (χ4n) is 2.39. The Kier molecular flexibility index (Phi) is 3.60. The van der Waals surface area contributed by atoms with Crippen LogP contribution in [0.15, 0.2) is 6.07 Å². The van der Waals surface area contributed by atoms with Crippen molar-refractivity contribution in [2.75, 3.05) is 11.9 Å². The van der Waals surface area contributed by atoms with Crippen LogP contribution in [0.1, 0.15) is 24.6 Å². The molecule has 1 aromatic rings. The van der Waals surface area contributed by atoms with E-state index in [1.807, 2.05) is 6.92 Å². The zero-order valence-corrected chi connectivity index (χ0v) is 12.6. The van der Waals surface area contributed by atoms with Gasteiger partial charge in [-0.25, -0.2) is 14.3 Å². The molecule has 7 heteroatoms. The van der Waals surface area contributed by atoms with Gasteiger partial charge in [0.2, 0.25) is 0 Å². The van der Waals surface area contributed by atoms with Gasteiger partial charge in [0.25, 0.3) is 5.82 Å². The summed E-state index contributed by atoms with van der Waals surface area (Å²) in [6.45, 7) is 5.01. The zero-order valence-electron chi connectivity index (χ0n) is 11.8. The van der Waals surface area contributed by atoms with E-state index in [0.717, 1.165) is 4.90 Å². The topological polar surface area (TPSA) is 67.6 Å². The lowest BCUT2D eigenvalue weighted by Gasteiger charge is -2.17. The summed E-state index contributed by atoms with van der Waals surface area (Å²) in [5.74, 6) is -0.348. The number of imide groups is 1. The molecule has 1 saturated heterocycles. The standard InChI is InChI=1S/C13H16ClN3O3/c1-5-10-12(18)16(13(19)15(10)4)11-7(2)6-9(14)8(3)17(11)20/h6,10H,5H2,1-4H3. The molecule has 1 unspecified atom stereocenters. The summed E-state index contributed by atoms with van der Waals surface area (Å²) in [6.07, 6.45) is 0.502. The van der Waals surface area contributed by atoms with Gasteiger partial charge in [0, 0.05) is 12.6 Å². The molecule has 0 N–H and O–H groups in total. The highest BCUT2D eigenvalue weighted by molar-refractivity contribution is 6.31. The molecule has 1 aliphatic rings. The SMILES string of the molecule is CCC1C(=O)N(c2c(C)cc(Cl)c(C)[n+]2[O-])C(=O)N1C. The second-order valence-electron chi connectivity index (χ2n) is 4.87. The van der Waals surface area contributed by atoms with Crippen LogP contribution in [0.5, 0.6) is 0 Å². The van der Waals surface area contributed by atoms with Crippen molar-refractivity contribution >= 4 is 29.4 Å². The molecule has 1 atom stereocenters. The average molecular weight is 298 g/mol. The fraction of sp³-hybridized carbons (Fsp3) is 0.462. The number of nitrogens with zero attached hydrogens (tertiary/aromatic N) is 3. The van der Waals surface area contributed by atoms with E-state index in [1.54, 1.807) is 27.0 Å². The predicted octanol–water partition coefficient (Wildman–Crippen LogP) is 1.77. The Morgan fingerprint density at radius 1 is 1.40 bits per heavy atom. The molecule has 0 aromatic carbocycles. The molecule has 1 fully saturated rings. The van der Waals surface area contributed by atoms with Crippen LogP contribution in [-0.4, -0.2) is 29.9 Å². The molecule has 0 bridgehead atoms. The lowest BCUT2D eigenvalue weighted by atomic mass is 10.2. The largest absolute Gasteiger partial charge is 0.710 e. The number of amides is 3. The highest BCUT2D eigenvalue weighted by atomic mass is 35.5. The smallest absolute Gasteiger partial charge is 0.419 e. The van der Waals surface area contributed by atoms with Crippen LogP contribution >= 0.6 is 11.6 Å². The molecule has 20 heavy (non-hydrogen) atoms. The highest BCUT2D eigenvalue weighted by Gasteiger charge is 2.51. The Morgan fingerprint density at radius 3 is 2.50 bits per heavy atom. The highest BCUT2D eigenvalue weighted by Crippen LogP contribution is 2.28. The maximum Gasteiger partial charge on any atom is 0.419 e. The molecule has 1 aliphatic heterocycles. The average Bonchev–Trinajstić information content (AvgIpc) is 2.60. The van der Waals surface area contributed by atoms with E-state index in [1.165, 1.54) is 4.90 Å². The minimum atomic E-state index is -0.530. The summed E-state index contributed by atoms with van der Waals surface area (Å²) < 4.78 is 0.541. The van der Waals surface area contributed by atoms with E-state index in [-0.39, 0.29) is 17.4 Å². The van der Waals surface area contributed by atoms with Crippen molar-refractivity contribution in [3.63, 3.8) is 0 Å². The summed E-state index contributed by atoms with van der Waals surface area (Å²) in [6, 6.07) is 0.564. The molecule has 2 rings (SSSR count).